The van der Waals surface area contributed by atoms with Crippen LogP contribution in [0.3, 0.4) is 0 Å². The maximum Gasteiger partial charge on any atom is 0.268 e. The van der Waals surface area contributed by atoms with Gasteiger partial charge in [0.25, 0.3) is 5.56 Å². The molecule has 0 radical (unpaired) electrons. The average molecular weight is 277 g/mol. The molecular weight excluding hydrogens is 258 g/mol. The molecular formula is C15H19NO2S. The lowest BCUT2D eigenvalue weighted by molar-refractivity contribution is 0.125. The molecule has 3 nitrogen and oxygen atoms in total. The molecule has 1 fully saturated rings. The molecule has 1 N–H and O–H groups in total. The normalized spacial score (nSPS) is 23.8. The van der Waals surface area contributed by atoms with Crippen LogP contribution in [0.1, 0.15) is 25.7 Å². The second-order valence-electron chi connectivity index (χ2n) is 5.44. The minimum atomic E-state index is 0.128. The molecule has 1 aliphatic rings. The molecule has 4 heteroatoms. The van der Waals surface area contributed by atoms with E-state index in [1.807, 2.05) is 28.2 Å². The Morgan fingerprint density at radius 2 is 1.95 bits per heavy atom. The summed E-state index contributed by atoms with van der Waals surface area (Å²) in [6, 6.07) is 7.79. The molecule has 2 atom stereocenters. The Kier molecular flexibility index (Phi) is 3.71. The first-order valence-electron chi connectivity index (χ1n) is 6.99. The lowest BCUT2D eigenvalue weighted by atomic mass is 9.80. The van der Waals surface area contributed by atoms with Crippen molar-refractivity contribution in [1.29, 1.82) is 0 Å². The lowest BCUT2D eigenvalue weighted by Gasteiger charge is -2.29. The molecule has 0 bridgehead atoms. The van der Waals surface area contributed by atoms with Crippen molar-refractivity contribution in [3.8, 4) is 0 Å². The van der Waals surface area contributed by atoms with Crippen molar-refractivity contribution >= 4 is 21.6 Å². The third kappa shape index (κ3) is 2.47. The van der Waals surface area contributed by atoms with Gasteiger partial charge in [-0.1, -0.05) is 36.5 Å². The van der Waals surface area contributed by atoms with Crippen LogP contribution in [0, 0.1) is 11.8 Å². The first-order valence-corrected chi connectivity index (χ1v) is 7.76. The molecule has 0 saturated heterocycles. The van der Waals surface area contributed by atoms with Crippen molar-refractivity contribution in [1.82, 2.24) is 3.96 Å². The number of rotatable bonds is 3. The first-order chi connectivity index (χ1) is 9.29. The van der Waals surface area contributed by atoms with E-state index >= 15 is 0 Å². The minimum Gasteiger partial charge on any atom is -0.396 e. The molecule has 1 saturated carbocycles. The number of hydrogen-bond acceptors (Lipinski definition) is 3. The zero-order valence-electron chi connectivity index (χ0n) is 10.9. The summed E-state index contributed by atoms with van der Waals surface area (Å²) in [4.78, 5) is 12.3. The van der Waals surface area contributed by atoms with Gasteiger partial charge in [0, 0.05) is 13.2 Å². The second-order valence-corrected chi connectivity index (χ2v) is 6.50. The Hall–Kier alpha value is -1.13. The number of hydrogen-bond donors (Lipinski definition) is 1. The highest BCUT2D eigenvalue weighted by Crippen LogP contribution is 2.31. The summed E-state index contributed by atoms with van der Waals surface area (Å²) in [6.07, 6.45) is 4.66. The zero-order chi connectivity index (χ0) is 13.2. The van der Waals surface area contributed by atoms with Crippen molar-refractivity contribution < 1.29 is 5.11 Å². The monoisotopic (exact) mass is 277 g/mol. The van der Waals surface area contributed by atoms with Gasteiger partial charge in [0.15, 0.2) is 0 Å². The van der Waals surface area contributed by atoms with Crippen LogP contribution >= 0.6 is 11.5 Å². The van der Waals surface area contributed by atoms with Crippen LogP contribution in [-0.4, -0.2) is 15.7 Å². The van der Waals surface area contributed by atoms with Gasteiger partial charge in [-0.05, 0) is 36.8 Å². The SMILES string of the molecule is O=c1c2ccccc2sn1CC1CCCCC1CO. The number of nitrogens with zero attached hydrogens (tertiary/aromatic N) is 1. The van der Waals surface area contributed by atoms with Crippen LogP contribution in [-0.2, 0) is 6.54 Å². The predicted molar refractivity (Wildman–Crippen MR) is 78.6 cm³/mol. The highest BCUT2D eigenvalue weighted by Gasteiger charge is 2.25. The third-order valence-electron chi connectivity index (χ3n) is 4.25. The first kappa shape index (κ1) is 12.9. The maximum absolute atomic E-state index is 12.3. The third-order valence-corrected chi connectivity index (χ3v) is 5.34. The summed E-state index contributed by atoms with van der Waals surface area (Å²) < 4.78 is 2.94. The van der Waals surface area contributed by atoms with E-state index in [-0.39, 0.29) is 12.2 Å². The summed E-state index contributed by atoms with van der Waals surface area (Å²) in [7, 11) is 0. The molecule has 3 rings (SSSR count). The Morgan fingerprint density at radius 3 is 2.68 bits per heavy atom. The van der Waals surface area contributed by atoms with Crippen LogP contribution in [0.2, 0.25) is 0 Å². The van der Waals surface area contributed by atoms with Gasteiger partial charge >= 0.3 is 0 Å². The molecule has 1 aromatic carbocycles. The van der Waals surface area contributed by atoms with Gasteiger partial charge in [-0.15, -0.1) is 0 Å². The van der Waals surface area contributed by atoms with Crippen LogP contribution in [0.25, 0.3) is 10.1 Å². The molecule has 0 aliphatic heterocycles. The van der Waals surface area contributed by atoms with Crippen LogP contribution in [0.4, 0.5) is 0 Å². The van der Waals surface area contributed by atoms with E-state index in [0.717, 1.165) is 29.5 Å². The number of aliphatic hydroxyl groups is 1. The zero-order valence-corrected chi connectivity index (χ0v) is 11.7. The number of aromatic nitrogens is 1. The van der Waals surface area contributed by atoms with E-state index < -0.39 is 0 Å². The fourth-order valence-electron chi connectivity index (χ4n) is 3.12. The fraction of sp³-hybridized carbons (Fsp3) is 0.533. The van der Waals surface area contributed by atoms with Gasteiger partial charge in [0.1, 0.15) is 0 Å². The van der Waals surface area contributed by atoms with Gasteiger partial charge in [-0.25, -0.2) is 0 Å². The summed E-state index contributed by atoms with van der Waals surface area (Å²) in [5.41, 5.74) is 0.128. The van der Waals surface area contributed by atoms with E-state index in [1.165, 1.54) is 12.8 Å². The molecule has 0 amide bonds. The maximum atomic E-state index is 12.3. The largest absolute Gasteiger partial charge is 0.396 e. The number of aliphatic hydroxyl groups excluding tert-OH is 1. The molecule has 2 unspecified atom stereocenters. The molecule has 19 heavy (non-hydrogen) atoms. The van der Waals surface area contributed by atoms with Gasteiger partial charge in [0.05, 0.1) is 10.1 Å². The van der Waals surface area contributed by atoms with Crippen LogP contribution in [0.5, 0.6) is 0 Å². The van der Waals surface area contributed by atoms with Crippen molar-refractivity contribution in [2.75, 3.05) is 6.61 Å². The van der Waals surface area contributed by atoms with E-state index in [0.29, 0.717) is 11.8 Å². The molecule has 1 aliphatic carbocycles. The second kappa shape index (κ2) is 5.47. The van der Waals surface area contributed by atoms with Crippen molar-refractivity contribution in [2.45, 2.75) is 32.2 Å². The highest BCUT2D eigenvalue weighted by molar-refractivity contribution is 7.13. The Morgan fingerprint density at radius 1 is 1.21 bits per heavy atom. The Balaban J connectivity index is 1.88. The number of benzene rings is 1. The van der Waals surface area contributed by atoms with Crippen LogP contribution < -0.4 is 5.56 Å². The Bertz CT molecular complexity index is 616. The van der Waals surface area contributed by atoms with Crippen molar-refractivity contribution in [2.24, 2.45) is 11.8 Å². The van der Waals surface area contributed by atoms with Crippen molar-refractivity contribution in [3.05, 3.63) is 34.6 Å². The topological polar surface area (TPSA) is 42.2 Å². The van der Waals surface area contributed by atoms with Crippen LogP contribution in [0.15, 0.2) is 29.1 Å². The van der Waals surface area contributed by atoms with E-state index in [9.17, 15) is 9.90 Å². The predicted octanol–water partition coefficient (Wildman–Crippen LogP) is 2.86. The summed E-state index contributed by atoms with van der Waals surface area (Å²) >= 11 is 1.55. The van der Waals surface area contributed by atoms with Gasteiger partial charge in [-0.3, -0.25) is 8.75 Å². The molecule has 1 aromatic heterocycles. The quantitative estimate of drug-likeness (QED) is 0.937. The number of fused-ring (bicyclic) bond motifs is 1. The highest BCUT2D eigenvalue weighted by atomic mass is 32.1. The molecule has 1 heterocycles. The summed E-state index contributed by atoms with van der Waals surface area (Å²) in [6.45, 7) is 1.02. The average Bonchev–Trinajstić information content (AvgIpc) is 2.77. The minimum absolute atomic E-state index is 0.128. The van der Waals surface area contributed by atoms with E-state index in [1.54, 1.807) is 11.5 Å². The van der Waals surface area contributed by atoms with Gasteiger partial charge in [-0.2, -0.15) is 0 Å². The van der Waals surface area contributed by atoms with E-state index in [2.05, 4.69) is 0 Å². The summed E-state index contributed by atoms with van der Waals surface area (Å²) in [5, 5.41) is 10.3. The molecule has 102 valence electrons. The molecule has 0 spiro atoms. The molecule has 2 aromatic rings. The fourth-order valence-corrected chi connectivity index (χ4v) is 4.19. The van der Waals surface area contributed by atoms with E-state index in [4.69, 9.17) is 0 Å². The van der Waals surface area contributed by atoms with Gasteiger partial charge in [0.2, 0.25) is 0 Å². The lowest BCUT2D eigenvalue weighted by Crippen LogP contribution is -2.29. The Labute approximate surface area is 116 Å². The smallest absolute Gasteiger partial charge is 0.268 e. The van der Waals surface area contributed by atoms with Gasteiger partial charge < -0.3 is 5.11 Å². The standard InChI is InChI=1S/C15H19NO2S/c17-10-12-6-2-1-5-11(12)9-16-15(18)13-7-3-4-8-14(13)19-16/h3-4,7-8,11-12,17H,1-2,5-6,9-10H2. The van der Waals surface area contributed by atoms with Crippen molar-refractivity contribution in [3.63, 3.8) is 0 Å². The summed E-state index contributed by atoms with van der Waals surface area (Å²) in [5.74, 6) is 0.815.